The van der Waals surface area contributed by atoms with Crippen LogP contribution in [0.3, 0.4) is 0 Å². The highest BCUT2D eigenvalue weighted by atomic mass is 16.4. The second-order valence-corrected chi connectivity index (χ2v) is 3.33. The minimum Gasteiger partial charge on any atom is -0.477 e. The van der Waals surface area contributed by atoms with E-state index in [4.69, 9.17) is 10.2 Å². The van der Waals surface area contributed by atoms with Crippen LogP contribution in [0.5, 0.6) is 0 Å². The van der Waals surface area contributed by atoms with E-state index >= 15 is 0 Å². The van der Waals surface area contributed by atoms with E-state index < -0.39 is 5.97 Å². The van der Waals surface area contributed by atoms with E-state index in [9.17, 15) is 4.79 Å². The maximum atomic E-state index is 10.7. The number of nitrogens with zero attached hydrogens (tertiary/aromatic N) is 2. The summed E-state index contributed by atoms with van der Waals surface area (Å²) in [6, 6.07) is 4.68. The number of rotatable bonds is 4. The Morgan fingerprint density at radius 3 is 2.80 bits per heavy atom. The maximum absolute atomic E-state index is 10.7. The van der Waals surface area contributed by atoms with Crippen LogP contribution in [0, 0.1) is 0 Å². The van der Waals surface area contributed by atoms with Gasteiger partial charge in [-0.1, -0.05) is 6.07 Å². The third-order valence-electron chi connectivity index (χ3n) is 2.24. The van der Waals surface area contributed by atoms with E-state index in [0.29, 0.717) is 5.82 Å². The summed E-state index contributed by atoms with van der Waals surface area (Å²) in [4.78, 5) is 16.4. The van der Waals surface area contributed by atoms with Gasteiger partial charge in [-0.3, -0.25) is 0 Å². The van der Waals surface area contributed by atoms with Gasteiger partial charge in [0.1, 0.15) is 5.82 Å². The number of carboxylic acid groups (broad SMARTS) is 1. The highest BCUT2D eigenvalue weighted by Crippen LogP contribution is 2.12. The van der Waals surface area contributed by atoms with Crippen LogP contribution in [0.4, 0.5) is 5.82 Å². The molecule has 2 N–H and O–H groups in total. The fraction of sp³-hybridized carbons (Fsp3) is 0.400. The molecule has 82 valence electrons. The molecular formula is C10H14N2O3. The van der Waals surface area contributed by atoms with Crippen LogP contribution in [0.15, 0.2) is 18.2 Å². The van der Waals surface area contributed by atoms with Gasteiger partial charge in [0.2, 0.25) is 0 Å². The van der Waals surface area contributed by atoms with Crippen molar-refractivity contribution < 1.29 is 15.0 Å². The van der Waals surface area contributed by atoms with Gasteiger partial charge in [-0.2, -0.15) is 0 Å². The summed E-state index contributed by atoms with van der Waals surface area (Å²) in [7, 11) is 1.76. The lowest BCUT2D eigenvalue weighted by molar-refractivity contribution is 0.0690. The number of likely N-dealkylation sites (N-methyl/N-ethyl adjacent to an activating group) is 1. The predicted molar refractivity (Wildman–Crippen MR) is 56.1 cm³/mol. The Bertz CT molecular complexity index is 354. The number of hydrogen-bond acceptors (Lipinski definition) is 4. The zero-order valence-electron chi connectivity index (χ0n) is 8.71. The molecule has 0 fully saturated rings. The average molecular weight is 210 g/mol. The number of hydrogen-bond donors (Lipinski definition) is 2. The summed E-state index contributed by atoms with van der Waals surface area (Å²) in [5, 5.41) is 17.7. The van der Waals surface area contributed by atoms with Crippen LogP contribution in [-0.2, 0) is 0 Å². The second-order valence-electron chi connectivity index (χ2n) is 3.33. The summed E-state index contributed by atoms with van der Waals surface area (Å²) in [5.41, 5.74) is 0.00416. The Morgan fingerprint density at radius 2 is 2.27 bits per heavy atom. The zero-order chi connectivity index (χ0) is 11.4. The van der Waals surface area contributed by atoms with Crippen molar-refractivity contribution in [1.29, 1.82) is 0 Å². The van der Waals surface area contributed by atoms with Crippen molar-refractivity contribution >= 4 is 11.8 Å². The number of carbonyl (C=O) groups is 1. The van der Waals surface area contributed by atoms with Gasteiger partial charge in [0.15, 0.2) is 5.69 Å². The highest BCUT2D eigenvalue weighted by molar-refractivity contribution is 5.85. The van der Waals surface area contributed by atoms with Gasteiger partial charge in [-0.05, 0) is 19.1 Å². The van der Waals surface area contributed by atoms with Gasteiger partial charge < -0.3 is 15.1 Å². The van der Waals surface area contributed by atoms with E-state index in [-0.39, 0.29) is 18.3 Å². The van der Waals surface area contributed by atoms with Crippen molar-refractivity contribution in [3.8, 4) is 0 Å². The molecule has 0 unspecified atom stereocenters. The van der Waals surface area contributed by atoms with Crippen LogP contribution in [0.2, 0.25) is 0 Å². The van der Waals surface area contributed by atoms with Gasteiger partial charge in [-0.15, -0.1) is 0 Å². The van der Waals surface area contributed by atoms with Gasteiger partial charge in [0.05, 0.1) is 12.6 Å². The SMILES string of the molecule is C[C@@H](CO)N(C)c1cccc(C(=O)O)n1. The molecule has 1 heterocycles. The highest BCUT2D eigenvalue weighted by Gasteiger charge is 2.12. The minimum atomic E-state index is -1.05. The van der Waals surface area contributed by atoms with Crippen LogP contribution in [0.25, 0.3) is 0 Å². The fourth-order valence-electron chi connectivity index (χ4n) is 1.09. The smallest absolute Gasteiger partial charge is 0.354 e. The molecule has 0 amide bonds. The molecule has 0 bridgehead atoms. The number of carboxylic acids is 1. The Morgan fingerprint density at radius 1 is 1.60 bits per heavy atom. The first-order chi connectivity index (χ1) is 7.06. The van der Waals surface area contributed by atoms with Crippen LogP contribution in [-0.4, -0.2) is 40.9 Å². The molecule has 0 aliphatic rings. The van der Waals surface area contributed by atoms with E-state index in [1.165, 1.54) is 6.07 Å². The zero-order valence-corrected chi connectivity index (χ0v) is 8.71. The number of aliphatic hydroxyl groups is 1. The van der Waals surface area contributed by atoms with Crippen LogP contribution >= 0.6 is 0 Å². The molecule has 1 aromatic heterocycles. The topological polar surface area (TPSA) is 73.7 Å². The Labute approximate surface area is 88.0 Å². The molecule has 1 rings (SSSR count). The van der Waals surface area contributed by atoms with Crippen molar-refractivity contribution in [3.63, 3.8) is 0 Å². The summed E-state index contributed by atoms with van der Waals surface area (Å²) in [6.07, 6.45) is 0. The van der Waals surface area contributed by atoms with Gasteiger partial charge in [-0.25, -0.2) is 9.78 Å². The standard InChI is InChI=1S/C10H14N2O3/c1-7(6-13)12(2)9-5-3-4-8(11-9)10(14)15/h3-5,7,13H,6H2,1-2H3,(H,14,15)/t7-/m0/s1. The first-order valence-electron chi connectivity index (χ1n) is 4.60. The minimum absolute atomic E-state index is 0.00416. The van der Waals surface area contributed by atoms with Crippen molar-refractivity contribution in [3.05, 3.63) is 23.9 Å². The lowest BCUT2D eigenvalue weighted by atomic mass is 10.3. The number of aromatic nitrogens is 1. The lowest BCUT2D eigenvalue weighted by Crippen LogP contribution is -2.32. The normalized spacial score (nSPS) is 12.2. The molecule has 0 saturated heterocycles. The molecule has 0 spiro atoms. The summed E-state index contributed by atoms with van der Waals surface area (Å²) in [5.74, 6) is -0.515. The molecule has 0 aliphatic carbocycles. The van der Waals surface area contributed by atoms with Gasteiger partial charge in [0.25, 0.3) is 0 Å². The third-order valence-corrected chi connectivity index (χ3v) is 2.24. The number of anilines is 1. The van der Waals surface area contributed by atoms with E-state index in [1.54, 1.807) is 24.1 Å². The van der Waals surface area contributed by atoms with Crippen molar-refractivity contribution in [2.24, 2.45) is 0 Å². The Hall–Kier alpha value is -1.62. The molecule has 15 heavy (non-hydrogen) atoms. The third kappa shape index (κ3) is 2.66. The largest absolute Gasteiger partial charge is 0.477 e. The molecule has 0 aromatic carbocycles. The summed E-state index contributed by atoms with van der Waals surface area (Å²) < 4.78 is 0. The van der Waals surface area contributed by atoms with Crippen molar-refractivity contribution in [2.45, 2.75) is 13.0 Å². The fourth-order valence-corrected chi connectivity index (χ4v) is 1.09. The van der Waals surface area contributed by atoms with Crippen molar-refractivity contribution in [2.75, 3.05) is 18.6 Å². The molecule has 5 heteroatoms. The first-order valence-corrected chi connectivity index (χ1v) is 4.60. The molecular weight excluding hydrogens is 196 g/mol. The second kappa shape index (κ2) is 4.75. The summed E-state index contributed by atoms with van der Waals surface area (Å²) >= 11 is 0. The first kappa shape index (κ1) is 11.5. The monoisotopic (exact) mass is 210 g/mol. The predicted octanol–water partition coefficient (Wildman–Crippen LogP) is 0.597. The molecule has 0 radical (unpaired) electrons. The number of aliphatic hydroxyl groups excluding tert-OH is 1. The van der Waals surface area contributed by atoms with Crippen LogP contribution in [0.1, 0.15) is 17.4 Å². The van der Waals surface area contributed by atoms with E-state index in [2.05, 4.69) is 4.98 Å². The Kier molecular flexibility index (Phi) is 3.62. The van der Waals surface area contributed by atoms with Gasteiger partial charge >= 0.3 is 5.97 Å². The average Bonchev–Trinajstić information content (AvgIpc) is 2.27. The Balaban J connectivity index is 2.94. The quantitative estimate of drug-likeness (QED) is 0.761. The summed E-state index contributed by atoms with van der Waals surface area (Å²) in [6.45, 7) is 1.82. The number of pyridine rings is 1. The molecule has 5 nitrogen and oxygen atoms in total. The van der Waals surface area contributed by atoms with Crippen molar-refractivity contribution in [1.82, 2.24) is 4.98 Å². The molecule has 1 aromatic rings. The number of aromatic carboxylic acids is 1. The lowest BCUT2D eigenvalue weighted by Gasteiger charge is -2.24. The maximum Gasteiger partial charge on any atom is 0.354 e. The van der Waals surface area contributed by atoms with E-state index in [0.717, 1.165) is 0 Å². The molecule has 1 atom stereocenters. The molecule has 0 aliphatic heterocycles. The van der Waals surface area contributed by atoms with Gasteiger partial charge in [0, 0.05) is 7.05 Å². The van der Waals surface area contributed by atoms with E-state index in [1.807, 2.05) is 6.92 Å². The molecule has 0 saturated carbocycles. The van der Waals surface area contributed by atoms with Crippen LogP contribution < -0.4 is 4.90 Å².